The zero-order valence-electron chi connectivity index (χ0n) is 10.7. The minimum absolute atomic E-state index is 0.0311. The lowest BCUT2D eigenvalue weighted by Gasteiger charge is -2.11. The van der Waals surface area contributed by atoms with Crippen LogP contribution in [0.2, 0.25) is 0 Å². The summed E-state index contributed by atoms with van der Waals surface area (Å²) in [5.74, 6) is -0.872. The molecular formula is C11H16FN3O3S. The second kappa shape index (κ2) is 5.98. The number of nitrogen functional groups attached to an aromatic ring is 1. The van der Waals surface area contributed by atoms with Gasteiger partial charge in [0, 0.05) is 27.1 Å². The van der Waals surface area contributed by atoms with Crippen LogP contribution in [0.3, 0.4) is 0 Å². The molecule has 0 aliphatic rings. The van der Waals surface area contributed by atoms with E-state index in [0.717, 1.165) is 18.2 Å². The summed E-state index contributed by atoms with van der Waals surface area (Å²) >= 11 is 0. The van der Waals surface area contributed by atoms with Gasteiger partial charge >= 0.3 is 0 Å². The Hall–Kier alpha value is -1.67. The van der Waals surface area contributed by atoms with Crippen molar-refractivity contribution in [1.29, 1.82) is 0 Å². The Labute approximate surface area is 111 Å². The van der Waals surface area contributed by atoms with Crippen molar-refractivity contribution in [1.82, 2.24) is 9.62 Å². The Morgan fingerprint density at radius 1 is 1.42 bits per heavy atom. The number of halogens is 1. The fourth-order valence-corrected chi connectivity index (χ4v) is 2.36. The van der Waals surface area contributed by atoms with Crippen LogP contribution in [0.4, 0.5) is 10.1 Å². The molecule has 1 rings (SSSR count). The molecule has 1 amide bonds. The van der Waals surface area contributed by atoms with Crippen LogP contribution in [-0.4, -0.2) is 39.9 Å². The molecule has 0 atom stereocenters. The molecule has 0 radical (unpaired) electrons. The van der Waals surface area contributed by atoms with Crippen LogP contribution in [-0.2, 0) is 14.8 Å². The second-order valence-corrected chi connectivity index (χ2v) is 5.89. The number of rotatable bonds is 5. The van der Waals surface area contributed by atoms with Gasteiger partial charge in [-0.05, 0) is 18.2 Å². The van der Waals surface area contributed by atoms with Crippen molar-refractivity contribution in [3.05, 3.63) is 24.0 Å². The Morgan fingerprint density at radius 2 is 2.05 bits per heavy atom. The standard InChI is InChI=1S/C11H16FN3O3S/c1-15(2)11(16)5-6-14-19(17,18)8-3-4-9(12)10(13)7-8/h3-4,7,14H,5-6,13H2,1-2H3. The summed E-state index contributed by atoms with van der Waals surface area (Å²) in [5, 5.41) is 0. The number of amides is 1. The lowest BCUT2D eigenvalue weighted by Crippen LogP contribution is -2.30. The molecule has 6 nitrogen and oxygen atoms in total. The highest BCUT2D eigenvalue weighted by Gasteiger charge is 2.16. The molecule has 1 aromatic carbocycles. The average molecular weight is 289 g/mol. The number of nitrogens with two attached hydrogens (primary N) is 1. The van der Waals surface area contributed by atoms with Crippen molar-refractivity contribution in [3.63, 3.8) is 0 Å². The van der Waals surface area contributed by atoms with E-state index in [1.54, 1.807) is 14.1 Å². The van der Waals surface area contributed by atoms with Crippen LogP contribution in [0.25, 0.3) is 0 Å². The Bertz CT molecular complexity index is 573. The van der Waals surface area contributed by atoms with E-state index in [9.17, 15) is 17.6 Å². The van der Waals surface area contributed by atoms with Gasteiger partial charge in [-0.2, -0.15) is 0 Å². The van der Waals surface area contributed by atoms with Crippen molar-refractivity contribution < 1.29 is 17.6 Å². The number of carbonyl (C=O) groups is 1. The lowest BCUT2D eigenvalue weighted by molar-refractivity contribution is -0.128. The van der Waals surface area contributed by atoms with E-state index < -0.39 is 15.8 Å². The van der Waals surface area contributed by atoms with Gasteiger partial charge in [-0.15, -0.1) is 0 Å². The second-order valence-electron chi connectivity index (χ2n) is 4.12. The first-order valence-electron chi connectivity index (χ1n) is 5.49. The van der Waals surface area contributed by atoms with Crippen molar-refractivity contribution in [3.8, 4) is 0 Å². The number of sulfonamides is 1. The SMILES string of the molecule is CN(C)C(=O)CCNS(=O)(=O)c1ccc(F)c(N)c1. The Morgan fingerprint density at radius 3 is 2.58 bits per heavy atom. The van der Waals surface area contributed by atoms with Gasteiger partial charge in [-0.3, -0.25) is 4.79 Å². The molecule has 0 saturated heterocycles. The Kier molecular flexibility index (Phi) is 4.84. The Balaban J connectivity index is 2.71. The lowest BCUT2D eigenvalue weighted by atomic mass is 10.3. The van der Waals surface area contributed by atoms with Crippen molar-refractivity contribution in [2.45, 2.75) is 11.3 Å². The largest absolute Gasteiger partial charge is 0.396 e. The summed E-state index contributed by atoms with van der Waals surface area (Å²) < 4.78 is 38.9. The van der Waals surface area contributed by atoms with Crippen LogP contribution in [0.5, 0.6) is 0 Å². The van der Waals surface area contributed by atoms with Gasteiger partial charge in [0.1, 0.15) is 5.82 Å². The highest BCUT2D eigenvalue weighted by atomic mass is 32.2. The predicted molar refractivity (Wildman–Crippen MR) is 69.3 cm³/mol. The summed E-state index contributed by atoms with van der Waals surface area (Å²) in [5.41, 5.74) is 5.06. The first kappa shape index (κ1) is 15.4. The molecule has 0 unspecified atom stereocenters. The molecule has 8 heteroatoms. The van der Waals surface area contributed by atoms with E-state index in [-0.39, 0.29) is 29.5 Å². The van der Waals surface area contributed by atoms with Gasteiger partial charge in [0.25, 0.3) is 0 Å². The summed E-state index contributed by atoms with van der Waals surface area (Å²) in [6, 6.07) is 3.13. The highest BCUT2D eigenvalue weighted by Crippen LogP contribution is 2.16. The summed E-state index contributed by atoms with van der Waals surface area (Å²) in [6.45, 7) is -0.0311. The number of benzene rings is 1. The fourth-order valence-electron chi connectivity index (χ4n) is 1.29. The van der Waals surface area contributed by atoms with E-state index in [1.807, 2.05) is 0 Å². The maximum atomic E-state index is 12.9. The smallest absolute Gasteiger partial charge is 0.240 e. The number of hydrogen-bond acceptors (Lipinski definition) is 4. The number of anilines is 1. The molecule has 0 fully saturated rings. The van der Waals surface area contributed by atoms with Gasteiger partial charge in [0.2, 0.25) is 15.9 Å². The van der Waals surface area contributed by atoms with Crippen LogP contribution in [0, 0.1) is 5.82 Å². The average Bonchev–Trinajstić information content (AvgIpc) is 2.32. The maximum absolute atomic E-state index is 12.9. The van der Waals surface area contributed by atoms with Gasteiger partial charge in [-0.25, -0.2) is 17.5 Å². The number of nitrogens with one attached hydrogen (secondary N) is 1. The third-order valence-electron chi connectivity index (χ3n) is 2.41. The third-order valence-corrected chi connectivity index (χ3v) is 3.87. The van der Waals surface area contributed by atoms with Crippen LogP contribution in [0.15, 0.2) is 23.1 Å². The molecule has 19 heavy (non-hydrogen) atoms. The molecule has 0 bridgehead atoms. The third kappa shape index (κ3) is 4.18. The molecule has 0 aliphatic carbocycles. The molecule has 1 aromatic rings. The zero-order valence-corrected chi connectivity index (χ0v) is 11.5. The topological polar surface area (TPSA) is 92.5 Å². The first-order valence-corrected chi connectivity index (χ1v) is 6.97. The quantitative estimate of drug-likeness (QED) is 0.755. The highest BCUT2D eigenvalue weighted by molar-refractivity contribution is 7.89. The van der Waals surface area contributed by atoms with Crippen molar-refractivity contribution >= 4 is 21.6 Å². The maximum Gasteiger partial charge on any atom is 0.240 e. The minimum Gasteiger partial charge on any atom is -0.396 e. The van der Waals surface area contributed by atoms with Gasteiger partial charge < -0.3 is 10.6 Å². The van der Waals surface area contributed by atoms with Crippen molar-refractivity contribution in [2.24, 2.45) is 0 Å². The molecule has 0 saturated carbocycles. The first-order chi connectivity index (χ1) is 8.74. The predicted octanol–water partition coefficient (Wildman–Crippen LogP) is 0.165. The monoisotopic (exact) mass is 289 g/mol. The van der Waals surface area contributed by atoms with Gasteiger partial charge in [-0.1, -0.05) is 0 Å². The van der Waals surface area contributed by atoms with E-state index in [1.165, 1.54) is 4.90 Å². The van der Waals surface area contributed by atoms with E-state index in [4.69, 9.17) is 5.73 Å². The van der Waals surface area contributed by atoms with Gasteiger partial charge in [0.05, 0.1) is 10.6 Å². The molecular weight excluding hydrogens is 273 g/mol. The summed E-state index contributed by atoms with van der Waals surface area (Å²) in [6.07, 6.45) is 0.0446. The zero-order chi connectivity index (χ0) is 14.6. The number of nitrogens with zero attached hydrogens (tertiary/aromatic N) is 1. The molecule has 0 aromatic heterocycles. The molecule has 0 heterocycles. The summed E-state index contributed by atoms with van der Waals surface area (Å²) in [4.78, 5) is 12.5. The molecule has 0 aliphatic heterocycles. The van der Waals surface area contributed by atoms with Crippen molar-refractivity contribution in [2.75, 3.05) is 26.4 Å². The molecule has 0 spiro atoms. The van der Waals surface area contributed by atoms with E-state index in [0.29, 0.717) is 0 Å². The number of carbonyl (C=O) groups excluding carboxylic acids is 1. The fraction of sp³-hybridized carbons (Fsp3) is 0.364. The van der Waals surface area contributed by atoms with E-state index in [2.05, 4.69) is 4.72 Å². The number of hydrogen-bond donors (Lipinski definition) is 2. The van der Waals surface area contributed by atoms with Crippen LogP contribution in [0.1, 0.15) is 6.42 Å². The van der Waals surface area contributed by atoms with Gasteiger partial charge in [0.15, 0.2) is 0 Å². The van der Waals surface area contributed by atoms with Crippen LogP contribution < -0.4 is 10.5 Å². The molecule has 106 valence electrons. The summed E-state index contributed by atoms with van der Waals surface area (Å²) in [7, 11) is -0.627. The normalized spacial score (nSPS) is 11.3. The van der Waals surface area contributed by atoms with E-state index >= 15 is 0 Å². The van der Waals surface area contributed by atoms with Crippen LogP contribution >= 0.6 is 0 Å². The molecule has 3 N–H and O–H groups in total. The minimum atomic E-state index is -3.79.